The van der Waals surface area contributed by atoms with Crippen molar-refractivity contribution in [3.8, 4) is 5.88 Å². The molecule has 2 saturated heterocycles. The van der Waals surface area contributed by atoms with E-state index in [-0.39, 0.29) is 66.5 Å². The van der Waals surface area contributed by atoms with Crippen LogP contribution >= 0.6 is 0 Å². The molecule has 0 saturated carbocycles. The number of pyridine rings is 1. The van der Waals surface area contributed by atoms with Gasteiger partial charge in [0.25, 0.3) is 0 Å². The largest absolute Gasteiger partial charge is 0.480 e. The van der Waals surface area contributed by atoms with E-state index in [9.17, 15) is 23.1 Å². The lowest BCUT2D eigenvalue weighted by molar-refractivity contribution is -0.144. The Morgan fingerprint density at radius 1 is 1.24 bits per heavy atom. The summed E-state index contributed by atoms with van der Waals surface area (Å²) in [4.78, 5) is 25.3. The lowest BCUT2D eigenvalue weighted by atomic mass is 9.80. The quantitative estimate of drug-likeness (QED) is 0.312. The number of rotatable bonds is 5. The number of ether oxygens (including phenoxy) is 2. The molecule has 0 aliphatic carbocycles. The van der Waals surface area contributed by atoms with Crippen molar-refractivity contribution in [3.63, 3.8) is 0 Å². The number of carboxylic acid groups (broad SMARTS) is 1. The van der Waals surface area contributed by atoms with Crippen LogP contribution in [0, 0.1) is 12.8 Å². The summed E-state index contributed by atoms with van der Waals surface area (Å²) in [7, 11) is 0. The number of para-hydroxylation sites is 1. The number of aryl methyl sites for hydroxylation is 1. The van der Waals surface area contributed by atoms with Gasteiger partial charge in [-0.2, -0.15) is 13.2 Å². The fourth-order valence-electron chi connectivity index (χ4n) is 5.61. The lowest BCUT2D eigenvalue weighted by Crippen LogP contribution is -2.38. The van der Waals surface area contributed by atoms with E-state index in [2.05, 4.69) is 15.0 Å². The number of hydrogen-bond acceptors (Lipinski definition) is 8. The van der Waals surface area contributed by atoms with Crippen molar-refractivity contribution in [2.45, 2.75) is 50.7 Å². The number of alkyl halides is 4. The third-order valence-electron chi connectivity index (χ3n) is 7.75. The van der Waals surface area contributed by atoms with E-state index in [1.165, 1.54) is 11.1 Å². The molecule has 3 aromatic heterocycles. The maximum Gasteiger partial charge on any atom is 0.451 e. The Morgan fingerprint density at radius 3 is 2.76 bits per heavy atom. The molecule has 0 amide bonds. The van der Waals surface area contributed by atoms with Gasteiger partial charge in [-0.15, -0.1) is 0 Å². The number of hydrogen-bond donors (Lipinski definition) is 1. The van der Waals surface area contributed by atoms with Gasteiger partial charge in [0.05, 0.1) is 18.7 Å². The molecule has 41 heavy (non-hydrogen) atoms. The van der Waals surface area contributed by atoms with Crippen LogP contribution in [0.15, 0.2) is 40.9 Å². The van der Waals surface area contributed by atoms with Gasteiger partial charge in [0.15, 0.2) is 11.4 Å². The molecule has 0 bridgehead atoms. The summed E-state index contributed by atoms with van der Waals surface area (Å²) in [5.41, 5.74) is -0.706. The van der Waals surface area contributed by atoms with Crippen LogP contribution in [-0.2, 0) is 21.4 Å². The molecule has 2 fully saturated rings. The molecular weight excluding hydrogens is 548 g/mol. The predicted octanol–water partition coefficient (Wildman–Crippen LogP) is 5.43. The van der Waals surface area contributed by atoms with E-state index < -0.39 is 41.7 Å². The second kappa shape index (κ2) is 9.82. The Labute approximate surface area is 231 Å². The third kappa shape index (κ3) is 4.71. The summed E-state index contributed by atoms with van der Waals surface area (Å²) in [6.07, 6.45) is -4.25. The van der Waals surface area contributed by atoms with Crippen molar-refractivity contribution in [2.24, 2.45) is 5.92 Å². The number of carboxylic acids is 1. The number of furan rings is 1. The summed E-state index contributed by atoms with van der Waals surface area (Å²) >= 11 is 0. The molecule has 4 atom stereocenters. The van der Waals surface area contributed by atoms with E-state index in [4.69, 9.17) is 13.9 Å². The Hall–Kier alpha value is -4.00. The zero-order valence-electron chi connectivity index (χ0n) is 22.1. The van der Waals surface area contributed by atoms with Crippen molar-refractivity contribution >= 4 is 33.9 Å². The Kier molecular flexibility index (Phi) is 6.51. The minimum absolute atomic E-state index is 0.00962. The van der Waals surface area contributed by atoms with Gasteiger partial charge in [0, 0.05) is 36.9 Å². The fraction of sp³-hybridized carbons (Fsp3) is 0.429. The van der Waals surface area contributed by atoms with Crippen LogP contribution < -0.4 is 9.64 Å². The number of aromatic nitrogens is 3. The molecule has 5 heterocycles. The first-order valence-electron chi connectivity index (χ1n) is 13.1. The monoisotopic (exact) mass is 574 g/mol. The number of fused-ring (bicyclic) bond motifs is 3. The number of halogens is 4. The van der Waals surface area contributed by atoms with Gasteiger partial charge in [-0.1, -0.05) is 19.1 Å². The molecule has 2 aliphatic rings. The molecule has 0 radical (unpaired) electrons. The van der Waals surface area contributed by atoms with Gasteiger partial charge in [0.1, 0.15) is 28.9 Å². The van der Waals surface area contributed by atoms with Gasteiger partial charge >= 0.3 is 12.1 Å². The summed E-state index contributed by atoms with van der Waals surface area (Å²) in [5, 5.41) is 10.4. The summed E-state index contributed by atoms with van der Waals surface area (Å²) in [6, 6.07) is 6.79. The first-order valence-corrected chi connectivity index (χ1v) is 13.1. The van der Waals surface area contributed by atoms with Crippen molar-refractivity contribution in [3.05, 3.63) is 53.5 Å². The first kappa shape index (κ1) is 27.2. The van der Waals surface area contributed by atoms with E-state index in [0.29, 0.717) is 10.9 Å². The minimum atomic E-state index is -4.90. The van der Waals surface area contributed by atoms with Crippen molar-refractivity contribution < 1.29 is 41.4 Å². The Balaban J connectivity index is 1.41. The van der Waals surface area contributed by atoms with Gasteiger partial charge in [-0.3, -0.25) is 0 Å². The lowest BCUT2D eigenvalue weighted by Gasteiger charge is -2.36. The summed E-state index contributed by atoms with van der Waals surface area (Å²) in [5.74, 6) is -3.50. The van der Waals surface area contributed by atoms with Crippen LogP contribution in [0.5, 0.6) is 5.88 Å². The molecule has 0 unspecified atom stereocenters. The predicted molar refractivity (Wildman–Crippen MR) is 138 cm³/mol. The van der Waals surface area contributed by atoms with Gasteiger partial charge in [-0.05, 0) is 30.7 Å². The number of aliphatic carboxylic acids is 1. The number of carbonyl (C=O) groups is 1. The number of nitrogens with zero attached hydrogens (tertiary/aromatic N) is 4. The maximum absolute atomic E-state index is 16.4. The van der Waals surface area contributed by atoms with Crippen LogP contribution in [0.3, 0.4) is 0 Å². The molecule has 0 spiro atoms. The van der Waals surface area contributed by atoms with Gasteiger partial charge in [-0.25, -0.2) is 24.1 Å². The zero-order chi connectivity index (χ0) is 29.1. The number of benzene rings is 1. The molecule has 4 aromatic rings. The molecule has 6 rings (SSSR count). The second-order valence-electron chi connectivity index (χ2n) is 10.6. The van der Waals surface area contributed by atoms with Crippen LogP contribution in [0.2, 0.25) is 0 Å². The molecule has 9 nitrogen and oxygen atoms in total. The standard InChI is InChI=1S/C28H26F4N4O5/c1-14-9-18(27(29)7-8-39-13-15(27)2)24(33-11-14)40-16-10-19(25(37)38)36(12-16)23-22-21(34-26(35-23)28(30,31)32)17-5-3-4-6-20(17)41-22/h3-6,9,11,15-16,19H,7-8,10,12-13H2,1-2H3,(H,37,38)/t15-,16-,19-,27-/m0/s1. The molecule has 1 N–H and O–H groups in total. The van der Waals surface area contributed by atoms with Crippen LogP contribution in [-0.4, -0.2) is 57.9 Å². The number of anilines is 1. The van der Waals surface area contributed by atoms with E-state index in [0.717, 1.165) is 0 Å². The highest BCUT2D eigenvalue weighted by atomic mass is 19.4. The molecular formula is C28H26F4N4O5. The minimum Gasteiger partial charge on any atom is -0.480 e. The molecule has 2 aliphatic heterocycles. The van der Waals surface area contributed by atoms with Crippen LogP contribution in [0.4, 0.5) is 23.4 Å². The average molecular weight is 575 g/mol. The van der Waals surface area contributed by atoms with Crippen LogP contribution in [0.1, 0.15) is 36.7 Å². The normalized spacial score (nSPS) is 25.2. The van der Waals surface area contributed by atoms with Crippen molar-refractivity contribution in [1.82, 2.24) is 15.0 Å². The maximum atomic E-state index is 16.4. The highest BCUT2D eigenvalue weighted by molar-refractivity contribution is 6.06. The Bertz CT molecular complexity index is 1640. The first-order chi connectivity index (χ1) is 19.5. The second-order valence-corrected chi connectivity index (χ2v) is 10.6. The smallest absolute Gasteiger partial charge is 0.451 e. The topological polar surface area (TPSA) is 111 Å². The third-order valence-corrected chi connectivity index (χ3v) is 7.75. The highest BCUT2D eigenvalue weighted by Crippen LogP contribution is 2.45. The van der Waals surface area contributed by atoms with Gasteiger partial charge < -0.3 is 23.9 Å². The highest BCUT2D eigenvalue weighted by Gasteiger charge is 2.46. The molecule has 13 heteroatoms. The Morgan fingerprint density at radius 2 is 2.02 bits per heavy atom. The SMILES string of the molecule is Cc1cnc(O[C@H]2C[C@@H](C(=O)O)N(c3nc(C(F)(F)F)nc4c3oc3ccccc34)C2)c([C@]2(F)CCOC[C@@H]2C)c1. The van der Waals surface area contributed by atoms with E-state index in [1.54, 1.807) is 44.2 Å². The molecule has 216 valence electrons. The van der Waals surface area contributed by atoms with E-state index >= 15 is 4.39 Å². The van der Waals surface area contributed by atoms with Crippen LogP contribution in [0.25, 0.3) is 22.1 Å². The average Bonchev–Trinajstić information content (AvgIpc) is 3.52. The van der Waals surface area contributed by atoms with E-state index in [1.807, 2.05) is 0 Å². The summed E-state index contributed by atoms with van der Waals surface area (Å²) < 4.78 is 75.3. The van der Waals surface area contributed by atoms with Crippen molar-refractivity contribution in [2.75, 3.05) is 24.7 Å². The van der Waals surface area contributed by atoms with Gasteiger partial charge in [0.2, 0.25) is 11.7 Å². The molecule has 1 aromatic carbocycles. The fourth-order valence-corrected chi connectivity index (χ4v) is 5.61. The zero-order valence-corrected chi connectivity index (χ0v) is 22.1. The van der Waals surface area contributed by atoms with Crippen molar-refractivity contribution in [1.29, 1.82) is 0 Å². The summed E-state index contributed by atoms with van der Waals surface area (Å²) in [6.45, 7) is 3.77.